The fourth-order valence-electron chi connectivity index (χ4n) is 0.928. The molecule has 0 aromatic rings. The predicted molar refractivity (Wildman–Crippen MR) is 71.8 cm³/mol. The van der Waals surface area contributed by atoms with Crippen LogP contribution in [-0.4, -0.2) is 39.6 Å². The zero-order valence-electron chi connectivity index (χ0n) is 8.61. The molecule has 1 atom stereocenters. The van der Waals surface area contributed by atoms with Crippen molar-refractivity contribution in [3.8, 4) is 0 Å². The van der Waals surface area contributed by atoms with E-state index in [4.69, 9.17) is 27.9 Å². The van der Waals surface area contributed by atoms with Gasteiger partial charge in [-0.15, -0.1) is 23.2 Å². The van der Waals surface area contributed by atoms with E-state index < -0.39 is 16.3 Å². The molecule has 0 saturated carbocycles. The van der Waals surface area contributed by atoms with Crippen LogP contribution in [0.25, 0.3) is 0 Å². The molecule has 0 aromatic carbocycles. The summed E-state index contributed by atoms with van der Waals surface area (Å²) in [6, 6.07) is 0. The highest BCUT2D eigenvalue weighted by Crippen LogP contribution is 2.29. The number of halogens is 2. The van der Waals surface area contributed by atoms with Gasteiger partial charge in [0.05, 0.1) is 13.2 Å². The van der Waals surface area contributed by atoms with Crippen LogP contribution in [0.4, 0.5) is 4.79 Å². The van der Waals surface area contributed by atoms with Gasteiger partial charge in [-0.1, -0.05) is 23.5 Å². The van der Waals surface area contributed by atoms with Crippen LogP contribution >= 0.6 is 46.7 Å². The molecule has 0 unspecified atom stereocenters. The topological polar surface area (TPSA) is 50.7 Å². The summed E-state index contributed by atoms with van der Waals surface area (Å²) in [4.78, 5) is 14.8. The smallest absolute Gasteiger partial charge is 0.408 e. The Bertz CT molecular complexity index is 277. The summed E-state index contributed by atoms with van der Waals surface area (Å²) >= 11 is 14.5. The first kappa shape index (κ1) is 14.3. The van der Waals surface area contributed by atoms with Crippen molar-refractivity contribution < 1.29 is 9.53 Å². The second kappa shape index (κ2) is 7.53. The zero-order valence-corrected chi connectivity index (χ0v) is 11.8. The molecule has 4 nitrogen and oxygen atoms in total. The van der Waals surface area contributed by atoms with Crippen LogP contribution in [-0.2, 0) is 4.74 Å². The van der Waals surface area contributed by atoms with E-state index in [-0.39, 0.29) is 0 Å². The molecule has 1 aliphatic rings. The highest BCUT2D eigenvalue weighted by atomic mass is 35.5. The zero-order chi connectivity index (χ0) is 12.0. The Kier molecular flexibility index (Phi) is 6.72. The lowest BCUT2D eigenvalue weighted by atomic mass is 10.7. The van der Waals surface area contributed by atoms with Gasteiger partial charge in [0.15, 0.2) is 0 Å². The molecule has 1 N–H and O–H groups in total. The number of nitrogens with one attached hydrogen (secondary N) is 1. The number of carbonyl (C=O) groups is 1. The van der Waals surface area contributed by atoms with Crippen molar-refractivity contribution in [3.05, 3.63) is 0 Å². The van der Waals surface area contributed by atoms with Crippen molar-refractivity contribution in [2.45, 2.75) is 17.1 Å². The molecule has 0 saturated heterocycles. The van der Waals surface area contributed by atoms with Gasteiger partial charge in [0, 0.05) is 5.75 Å². The minimum atomic E-state index is -0.710. The van der Waals surface area contributed by atoms with Crippen molar-refractivity contribution in [2.75, 3.05) is 18.9 Å². The molecule has 1 aliphatic heterocycles. The third-order valence-corrected chi connectivity index (χ3v) is 4.73. The number of ether oxygens (including phenoxy) is 1. The second-order valence-corrected chi connectivity index (χ2v) is 6.37. The summed E-state index contributed by atoms with van der Waals surface area (Å²) in [6.07, 6.45) is -0.519. The van der Waals surface area contributed by atoms with E-state index in [1.165, 1.54) is 11.8 Å². The molecular formula is C8H12Cl2N2O2S2. The van der Waals surface area contributed by atoms with Crippen LogP contribution in [0.5, 0.6) is 0 Å². The molecule has 0 fully saturated rings. The van der Waals surface area contributed by atoms with Crippen molar-refractivity contribution in [3.63, 3.8) is 0 Å². The van der Waals surface area contributed by atoms with Crippen molar-refractivity contribution in [1.82, 2.24) is 5.32 Å². The van der Waals surface area contributed by atoms with Crippen LogP contribution in [0.15, 0.2) is 4.99 Å². The van der Waals surface area contributed by atoms with Crippen LogP contribution in [0.1, 0.15) is 6.92 Å². The maximum atomic E-state index is 11.2. The predicted octanol–water partition coefficient (Wildman–Crippen LogP) is 2.70. The van der Waals surface area contributed by atoms with Gasteiger partial charge in [0.1, 0.15) is 14.6 Å². The van der Waals surface area contributed by atoms with Gasteiger partial charge >= 0.3 is 6.09 Å². The number of nitrogens with zero attached hydrogens (tertiary/aromatic N) is 1. The highest BCUT2D eigenvalue weighted by Gasteiger charge is 2.24. The number of thioether (sulfide) groups is 2. The molecule has 92 valence electrons. The number of hydrogen-bond acceptors (Lipinski definition) is 5. The molecule has 0 aromatic heterocycles. The van der Waals surface area contributed by atoms with Crippen molar-refractivity contribution in [2.24, 2.45) is 4.99 Å². The summed E-state index contributed by atoms with van der Waals surface area (Å²) in [5.74, 6) is 0.962. The van der Waals surface area contributed by atoms with Crippen molar-refractivity contribution in [1.29, 1.82) is 0 Å². The first-order valence-corrected chi connectivity index (χ1v) is 7.42. The average molecular weight is 303 g/mol. The molecule has 0 bridgehead atoms. The molecule has 16 heavy (non-hydrogen) atoms. The fraction of sp³-hybridized carbons (Fsp3) is 0.750. The van der Waals surface area contributed by atoms with E-state index in [2.05, 4.69) is 10.3 Å². The van der Waals surface area contributed by atoms with Crippen LogP contribution in [0.3, 0.4) is 0 Å². The van der Waals surface area contributed by atoms with Gasteiger partial charge in [0.2, 0.25) is 0 Å². The lowest BCUT2D eigenvalue weighted by molar-refractivity contribution is 0.151. The lowest BCUT2D eigenvalue weighted by Gasteiger charge is -2.18. The van der Waals surface area contributed by atoms with Gasteiger partial charge in [-0.05, 0) is 6.92 Å². The largest absolute Gasteiger partial charge is 0.450 e. The minimum Gasteiger partial charge on any atom is -0.450 e. The van der Waals surface area contributed by atoms with Crippen LogP contribution < -0.4 is 5.32 Å². The number of alkyl carbamates (subject to hydrolysis) is 1. The highest BCUT2D eigenvalue weighted by molar-refractivity contribution is 8.39. The summed E-state index contributed by atoms with van der Waals surface area (Å²) in [5, 5.41) is 2.15. The van der Waals surface area contributed by atoms with Gasteiger partial charge in [0.25, 0.3) is 0 Å². The standard InChI is InChI=1S/C8H12Cl2N2O2S2/c1-2-14-7(13)12-6(5(9)10)16-8-11-3-4-15-8/h5-6H,2-4H2,1H3,(H,12,13)/t6-/m0/s1. The summed E-state index contributed by atoms with van der Waals surface area (Å²) < 4.78 is 5.66. The Morgan fingerprint density at radius 3 is 3.00 bits per heavy atom. The van der Waals surface area contributed by atoms with Crippen LogP contribution in [0, 0.1) is 0 Å². The number of amides is 1. The van der Waals surface area contributed by atoms with Gasteiger partial charge in [-0.3, -0.25) is 4.99 Å². The lowest BCUT2D eigenvalue weighted by Crippen LogP contribution is -2.37. The van der Waals surface area contributed by atoms with E-state index in [1.54, 1.807) is 18.7 Å². The van der Waals surface area contributed by atoms with E-state index in [0.29, 0.717) is 6.61 Å². The van der Waals surface area contributed by atoms with E-state index in [1.807, 2.05) is 0 Å². The first-order valence-electron chi connectivity index (χ1n) is 4.68. The summed E-state index contributed by atoms with van der Waals surface area (Å²) in [5.41, 5.74) is 0. The number of carbonyl (C=O) groups excluding carboxylic acids is 1. The van der Waals surface area contributed by atoms with Gasteiger partial charge in [-0.25, -0.2) is 4.79 Å². The number of aliphatic imine (C=N–C) groups is 1. The molecule has 0 spiro atoms. The van der Waals surface area contributed by atoms with Crippen molar-refractivity contribution >= 4 is 57.2 Å². The first-order chi connectivity index (χ1) is 7.63. The van der Waals surface area contributed by atoms with E-state index in [0.717, 1.165) is 16.7 Å². The third kappa shape index (κ3) is 5.03. The molecule has 1 amide bonds. The summed E-state index contributed by atoms with van der Waals surface area (Å²) in [6.45, 7) is 2.85. The normalized spacial score (nSPS) is 17.1. The van der Waals surface area contributed by atoms with E-state index in [9.17, 15) is 4.79 Å². The Morgan fingerprint density at radius 2 is 2.50 bits per heavy atom. The molecule has 8 heteroatoms. The molecule has 0 aliphatic carbocycles. The SMILES string of the molecule is CCOC(=O)N[C@@H](SC1=NCCS1)C(Cl)Cl. The maximum absolute atomic E-state index is 11.2. The Balaban J connectivity index is 2.43. The number of alkyl halides is 2. The minimum absolute atomic E-state index is 0.314. The molecule has 1 heterocycles. The number of hydrogen-bond donors (Lipinski definition) is 1. The molecule has 1 rings (SSSR count). The quantitative estimate of drug-likeness (QED) is 0.641. The van der Waals surface area contributed by atoms with Gasteiger partial charge in [-0.2, -0.15) is 0 Å². The average Bonchev–Trinajstić information content (AvgIpc) is 2.69. The fourth-order valence-corrected chi connectivity index (χ4v) is 3.38. The molecule has 0 radical (unpaired) electrons. The Hall–Kier alpha value is 0.220. The van der Waals surface area contributed by atoms with E-state index >= 15 is 0 Å². The summed E-state index contributed by atoms with van der Waals surface area (Å²) in [7, 11) is 0. The molecular weight excluding hydrogens is 291 g/mol. The van der Waals surface area contributed by atoms with Crippen LogP contribution in [0.2, 0.25) is 0 Å². The van der Waals surface area contributed by atoms with Gasteiger partial charge < -0.3 is 10.1 Å². The third-order valence-electron chi connectivity index (χ3n) is 1.55. The Morgan fingerprint density at radius 1 is 1.75 bits per heavy atom. The maximum Gasteiger partial charge on any atom is 0.408 e. The monoisotopic (exact) mass is 302 g/mol. The second-order valence-electron chi connectivity index (χ2n) is 2.73. The number of rotatable bonds is 4. The Labute approximate surface area is 113 Å².